The fourth-order valence-electron chi connectivity index (χ4n) is 3.54. The monoisotopic (exact) mass is 373 g/mol. The van der Waals surface area contributed by atoms with Crippen LogP contribution in [-0.2, 0) is 11.3 Å². The normalized spacial score (nSPS) is 11.0. The molecule has 0 aliphatic carbocycles. The SMILES string of the molecule is COC(=O)c1cc2ccc(C(=N)N)cc2n1Cc1cc(O)cc2ccccc12. The number of phenols is 1. The highest BCUT2D eigenvalue weighted by molar-refractivity contribution is 6.01. The number of phenolic OH excluding ortho intramolecular Hbond substituents is 1. The summed E-state index contributed by atoms with van der Waals surface area (Å²) in [5, 5.41) is 20.6. The molecule has 0 atom stereocenters. The molecule has 0 saturated heterocycles. The van der Waals surface area contributed by atoms with E-state index < -0.39 is 5.97 Å². The Morgan fingerprint density at radius 2 is 1.89 bits per heavy atom. The van der Waals surface area contributed by atoms with Gasteiger partial charge < -0.3 is 20.1 Å². The number of hydrogen-bond donors (Lipinski definition) is 3. The minimum atomic E-state index is -0.454. The van der Waals surface area contributed by atoms with Crippen molar-refractivity contribution in [3.8, 4) is 5.75 Å². The van der Waals surface area contributed by atoms with E-state index in [0.29, 0.717) is 17.8 Å². The van der Waals surface area contributed by atoms with Crippen molar-refractivity contribution in [1.29, 1.82) is 5.41 Å². The molecule has 0 radical (unpaired) electrons. The molecular formula is C22H19N3O3. The number of nitrogen functional groups attached to an aromatic ring is 1. The summed E-state index contributed by atoms with van der Waals surface area (Å²) in [4.78, 5) is 12.4. The number of nitrogens with zero attached hydrogens (tertiary/aromatic N) is 1. The predicted molar refractivity (Wildman–Crippen MR) is 109 cm³/mol. The molecule has 4 rings (SSSR count). The van der Waals surface area contributed by atoms with E-state index in [2.05, 4.69) is 0 Å². The Hall–Kier alpha value is -3.80. The molecule has 4 aromatic rings. The summed E-state index contributed by atoms with van der Waals surface area (Å²) in [6.45, 7) is 0.351. The van der Waals surface area contributed by atoms with Crippen LogP contribution in [0.5, 0.6) is 5.75 Å². The highest BCUT2D eigenvalue weighted by Gasteiger charge is 2.18. The molecule has 1 heterocycles. The Labute approximate surface area is 161 Å². The van der Waals surface area contributed by atoms with E-state index in [-0.39, 0.29) is 11.6 Å². The highest BCUT2D eigenvalue weighted by Crippen LogP contribution is 2.29. The number of rotatable bonds is 4. The van der Waals surface area contributed by atoms with Crippen molar-refractivity contribution in [2.75, 3.05) is 7.11 Å². The Balaban J connectivity index is 1.96. The number of methoxy groups -OCH3 is 1. The number of carbonyl (C=O) groups is 1. The molecule has 0 spiro atoms. The van der Waals surface area contributed by atoms with E-state index in [9.17, 15) is 9.90 Å². The molecule has 28 heavy (non-hydrogen) atoms. The van der Waals surface area contributed by atoms with Crippen LogP contribution >= 0.6 is 0 Å². The van der Waals surface area contributed by atoms with Crippen molar-refractivity contribution in [2.24, 2.45) is 5.73 Å². The molecule has 6 heteroatoms. The zero-order chi connectivity index (χ0) is 19.8. The van der Waals surface area contributed by atoms with Gasteiger partial charge in [-0.15, -0.1) is 0 Å². The lowest BCUT2D eigenvalue weighted by atomic mass is 10.0. The van der Waals surface area contributed by atoms with Gasteiger partial charge in [0.2, 0.25) is 0 Å². The lowest BCUT2D eigenvalue weighted by Gasteiger charge is -2.13. The van der Waals surface area contributed by atoms with E-state index in [4.69, 9.17) is 15.9 Å². The third-order valence-corrected chi connectivity index (χ3v) is 4.87. The summed E-state index contributed by atoms with van der Waals surface area (Å²) in [5.74, 6) is -0.337. The maximum Gasteiger partial charge on any atom is 0.354 e. The molecule has 1 aromatic heterocycles. The van der Waals surface area contributed by atoms with Gasteiger partial charge in [0.25, 0.3) is 0 Å². The second-order valence-corrected chi connectivity index (χ2v) is 6.62. The number of hydrogen-bond acceptors (Lipinski definition) is 4. The lowest BCUT2D eigenvalue weighted by Crippen LogP contribution is -2.13. The average molecular weight is 373 g/mol. The molecule has 0 saturated carbocycles. The fourth-order valence-corrected chi connectivity index (χ4v) is 3.54. The zero-order valence-corrected chi connectivity index (χ0v) is 15.3. The minimum absolute atomic E-state index is 0.0444. The summed E-state index contributed by atoms with van der Waals surface area (Å²) in [6, 6.07) is 18.3. The lowest BCUT2D eigenvalue weighted by molar-refractivity contribution is 0.0589. The van der Waals surface area contributed by atoms with Gasteiger partial charge in [0.05, 0.1) is 7.11 Å². The van der Waals surface area contributed by atoms with Crippen molar-refractivity contribution in [3.05, 3.63) is 77.5 Å². The molecule has 6 nitrogen and oxygen atoms in total. The van der Waals surface area contributed by atoms with Gasteiger partial charge in [0, 0.05) is 23.0 Å². The second kappa shape index (κ2) is 6.74. The van der Waals surface area contributed by atoms with E-state index in [1.807, 2.05) is 34.9 Å². The largest absolute Gasteiger partial charge is 0.508 e. The number of fused-ring (bicyclic) bond motifs is 2. The molecule has 0 bridgehead atoms. The van der Waals surface area contributed by atoms with Crippen LogP contribution in [0, 0.1) is 5.41 Å². The summed E-state index contributed by atoms with van der Waals surface area (Å²) in [6.07, 6.45) is 0. The molecule has 4 N–H and O–H groups in total. The number of benzene rings is 3. The quantitative estimate of drug-likeness (QED) is 0.289. The Bertz CT molecular complexity index is 1240. The van der Waals surface area contributed by atoms with Gasteiger partial charge in [0.1, 0.15) is 17.3 Å². The maximum absolute atomic E-state index is 12.4. The van der Waals surface area contributed by atoms with Crippen LogP contribution in [0.2, 0.25) is 0 Å². The predicted octanol–water partition coefficient (Wildman–Crippen LogP) is 3.62. The van der Waals surface area contributed by atoms with Crippen LogP contribution in [-0.4, -0.2) is 28.6 Å². The second-order valence-electron chi connectivity index (χ2n) is 6.62. The highest BCUT2D eigenvalue weighted by atomic mass is 16.5. The van der Waals surface area contributed by atoms with Crippen LogP contribution < -0.4 is 5.73 Å². The van der Waals surface area contributed by atoms with Crippen molar-refractivity contribution in [2.45, 2.75) is 6.54 Å². The zero-order valence-electron chi connectivity index (χ0n) is 15.3. The van der Waals surface area contributed by atoms with Gasteiger partial charge in [-0.1, -0.05) is 36.4 Å². The van der Waals surface area contributed by atoms with Gasteiger partial charge in [-0.2, -0.15) is 0 Å². The van der Waals surface area contributed by atoms with Crippen molar-refractivity contribution < 1.29 is 14.6 Å². The number of esters is 1. The van der Waals surface area contributed by atoms with Crippen LogP contribution in [0.1, 0.15) is 21.6 Å². The van der Waals surface area contributed by atoms with Gasteiger partial charge in [-0.05, 0) is 40.6 Å². The van der Waals surface area contributed by atoms with E-state index in [1.165, 1.54) is 7.11 Å². The summed E-state index contributed by atoms with van der Waals surface area (Å²) in [7, 11) is 1.34. The van der Waals surface area contributed by atoms with Gasteiger partial charge >= 0.3 is 5.97 Å². The number of nitrogens with two attached hydrogens (primary N) is 1. The molecular weight excluding hydrogens is 354 g/mol. The number of carbonyl (C=O) groups excluding carboxylic acids is 1. The van der Waals surface area contributed by atoms with Crippen molar-refractivity contribution >= 4 is 33.5 Å². The number of ether oxygens (including phenoxy) is 1. The fraction of sp³-hybridized carbons (Fsp3) is 0.0909. The Morgan fingerprint density at radius 3 is 2.64 bits per heavy atom. The first kappa shape index (κ1) is 17.6. The first-order valence-electron chi connectivity index (χ1n) is 8.74. The number of aromatic hydroxyl groups is 1. The van der Waals surface area contributed by atoms with Gasteiger partial charge in [0.15, 0.2) is 0 Å². The molecule has 0 amide bonds. The van der Waals surface area contributed by atoms with E-state index >= 15 is 0 Å². The summed E-state index contributed by atoms with van der Waals surface area (Å²) >= 11 is 0. The Morgan fingerprint density at radius 1 is 1.11 bits per heavy atom. The first-order valence-corrected chi connectivity index (χ1v) is 8.74. The third-order valence-electron chi connectivity index (χ3n) is 4.87. The molecule has 0 unspecified atom stereocenters. The number of amidine groups is 1. The van der Waals surface area contributed by atoms with Crippen molar-refractivity contribution in [3.63, 3.8) is 0 Å². The summed E-state index contributed by atoms with van der Waals surface area (Å²) < 4.78 is 6.79. The average Bonchev–Trinajstić information content (AvgIpc) is 3.05. The molecule has 0 aliphatic heterocycles. The Kier molecular flexibility index (Phi) is 4.24. The van der Waals surface area contributed by atoms with E-state index in [1.54, 1.807) is 30.3 Å². The number of aromatic nitrogens is 1. The summed E-state index contributed by atoms with van der Waals surface area (Å²) in [5.41, 5.74) is 8.24. The van der Waals surface area contributed by atoms with Gasteiger partial charge in [-0.25, -0.2) is 4.79 Å². The standard InChI is InChI=1S/C22H19N3O3/c1-28-22(27)20-10-14-6-7-15(21(23)24)11-19(14)25(20)12-16-9-17(26)8-13-4-2-3-5-18(13)16/h2-11,26H,12H2,1H3,(H3,23,24). The number of nitrogens with one attached hydrogen (secondary N) is 1. The molecule has 0 fully saturated rings. The minimum Gasteiger partial charge on any atom is -0.508 e. The van der Waals surface area contributed by atoms with Crippen LogP contribution in [0.25, 0.3) is 21.7 Å². The van der Waals surface area contributed by atoms with Crippen LogP contribution in [0.3, 0.4) is 0 Å². The third kappa shape index (κ3) is 2.95. The molecule has 140 valence electrons. The van der Waals surface area contributed by atoms with E-state index in [0.717, 1.165) is 27.2 Å². The van der Waals surface area contributed by atoms with Crippen LogP contribution in [0.15, 0.2) is 60.7 Å². The topological polar surface area (TPSA) is 101 Å². The van der Waals surface area contributed by atoms with Crippen molar-refractivity contribution in [1.82, 2.24) is 4.57 Å². The van der Waals surface area contributed by atoms with Gasteiger partial charge in [-0.3, -0.25) is 5.41 Å². The molecule has 0 aliphatic rings. The molecule has 3 aromatic carbocycles. The smallest absolute Gasteiger partial charge is 0.354 e. The first-order chi connectivity index (χ1) is 13.5. The van der Waals surface area contributed by atoms with Crippen LogP contribution in [0.4, 0.5) is 0 Å². The maximum atomic E-state index is 12.4.